The van der Waals surface area contributed by atoms with Gasteiger partial charge in [-0.25, -0.2) is 14.6 Å². The van der Waals surface area contributed by atoms with Gasteiger partial charge in [-0.2, -0.15) is 0 Å². The first-order chi connectivity index (χ1) is 7.08. The molecule has 0 saturated carbocycles. The maximum Gasteiger partial charge on any atom is 0.330 e. The standard InChI is InChI=1S/C9H10FN3O2/c10-7-3-1-2-6(4-7)5-8(14)12-13-9(11)15/h1-4H,5H2,(H,12,14)(H3,11,13,15). The Bertz CT molecular complexity index is 381. The Kier molecular flexibility index (Phi) is 3.61. The van der Waals surface area contributed by atoms with Gasteiger partial charge >= 0.3 is 6.03 Å². The molecule has 0 aliphatic heterocycles. The van der Waals surface area contributed by atoms with E-state index in [9.17, 15) is 14.0 Å². The molecule has 1 aromatic rings. The molecule has 80 valence electrons. The van der Waals surface area contributed by atoms with E-state index in [4.69, 9.17) is 5.73 Å². The smallest absolute Gasteiger partial charge is 0.330 e. The summed E-state index contributed by atoms with van der Waals surface area (Å²) in [5.41, 5.74) is 9.24. The van der Waals surface area contributed by atoms with Crippen molar-refractivity contribution in [3.63, 3.8) is 0 Å². The van der Waals surface area contributed by atoms with Crippen LogP contribution in [0.3, 0.4) is 0 Å². The normalized spacial score (nSPS) is 9.40. The summed E-state index contributed by atoms with van der Waals surface area (Å²) in [6.07, 6.45) is -0.0297. The van der Waals surface area contributed by atoms with Gasteiger partial charge in [0.1, 0.15) is 5.82 Å². The predicted molar refractivity (Wildman–Crippen MR) is 51.0 cm³/mol. The highest BCUT2D eigenvalue weighted by Gasteiger charge is 2.04. The Balaban J connectivity index is 2.48. The highest BCUT2D eigenvalue weighted by atomic mass is 19.1. The van der Waals surface area contributed by atoms with Crippen molar-refractivity contribution in [3.05, 3.63) is 35.6 Å². The summed E-state index contributed by atoms with van der Waals surface area (Å²) in [4.78, 5) is 21.4. The number of hydrogen-bond acceptors (Lipinski definition) is 2. The van der Waals surface area contributed by atoms with E-state index >= 15 is 0 Å². The van der Waals surface area contributed by atoms with Crippen LogP contribution in [0.4, 0.5) is 9.18 Å². The number of hydrazine groups is 1. The fraction of sp³-hybridized carbons (Fsp3) is 0.111. The molecule has 0 spiro atoms. The minimum absolute atomic E-state index is 0.0297. The molecule has 0 heterocycles. The third-order valence-electron chi connectivity index (χ3n) is 1.58. The van der Waals surface area contributed by atoms with Crippen LogP contribution < -0.4 is 16.6 Å². The third kappa shape index (κ3) is 4.08. The molecule has 0 aliphatic rings. The van der Waals surface area contributed by atoms with Gasteiger partial charge in [-0.05, 0) is 17.7 Å². The molecule has 0 aromatic heterocycles. The van der Waals surface area contributed by atoms with Crippen LogP contribution >= 0.6 is 0 Å². The maximum atomic E-state index is 12.7. The molecule has 0 fully saturated rings. The lowest BCUT2D eigenvalue weighted by molar-refractivity contribution is -0.121. The van der Waals surface area contributed by atoms with Crippen LogP contribution in [0.2, 0.25) is 0 Å². The van der Waals surface area contributed by atoms with Crippen LogP contribution in [0.1, 0.15) is 5.56 Å². The Labute approximate surface area is 85.4 Å². The fourth-order valence-electron chi connectivity index (χ4n) is 1.01. The number of amides is 3. The lowest BCUT2D eigenvalue weighted by atomic mass is 10.1. The predicted octanol–water partition coefficient (Wildman–Crippen LogP) is 0.0677. The summed E-state index contributed by atoms with van der Waals surface area (Å²) in [5, 5.41) is 0. The minimum atomic E-state index is -0.859. The van der Waals surface area contributed by atoms with Crippen LogP contribution in [0, 0.1) is 5.82 Å². The lowest BCUT2D eigenvalue weighted by Crippen LogP contribution is -2.45. The Morgan fingerprint density at radius 3 is 2.67 bits per heavy atom. The van der Waals surface area contributed by atoms with Crippen molar-refractivity contribution in [1.82, 2.24) is 10.9 Å². The number of carbonyl (C=O) groups is 2. The third-order valence-corrected chi connectivity index (χ3v) is 1.58. The minimum Gasteiger partial charge on any atom is -0.350 e. The number of rotatable bonds is 2. The molecule has 0 atom stereocenters. The molecule has 6 heteroatoms. The van der Waals surface area contributed by atoms with Crippen LogP contribution in [0.15, 0.2) is 24.3 Å². The van der Waals surface area contributed by atoms with Gasteiger partial charge in [-0.1, -0.05) is 12.1 Å². The number of nitrogens with two attached hydrogens (primary N) is 1. The summed E-state index contributed by atoms with van der Waals surface area (Å²) >= 11 is 0. The van der Waals surface area contributed by atoms with E-state index in [0.29, 0.717) is 5.56 Å². The first-order valence-electron chi connectivity index (χ1n) is 4.16. The van der Waals surface area contributed by atoms with Gasteiger partial charge in [0.2, 0.25) is 5.91 Å². The molecule has 1 rings (SSSR count). The average Bonchev–Trinajstić information content (AvgIpc) is 2.15. The van der Waals surface area contributed by atoms with Crippen LogP contribution in [-0.4, -0.2) is 11.9 Å². The topological polar surface area (TPSA) is 84.2 Å². The van der Waals surface area contributed by atoms with Crippen molar-refractivity contribution < 1.29 is 14.0 Å². The fourth-order valence-corrected chi connectivity index (χ4v) is 1.01. The number of carbonyl (C=O) groups excluding carboxylic acids is 2. The van der Waals surface area contributed by atoms with E-state index in [-0.39, 0.29) is 6.42 Å². The number of nitrogens with one attached hydrogen (secondary N) is 2. The van der Waals surface area contributed by atoms with Gasteiger partial charge in [0, 0.05) is 0 Å². The molecular weight excluding hydrogens is 201 g/mol. The molecule has 3 amide bonds. The van der Waals surface area contributed by atoms with Gasteiger partial charge in [0.05, 0.1) is 6.42 Å². The van der Waals surface area contributed by atoms with Gasteiger partial charge < -0.3 is 5.73 Å². The Morgan fingerprint density at radius 2 is 2.07 bits per heavy atom. The second-order valence-electron chi connectivity index (χ2n) is 2.84. The van der Waals surface area contributed by atoms with Gasteiger partial charge in [-0.15, -0.1) is 0 Å². The van der Waals surface area contributed by atoms with Crippen LogP contribution in [-0.2, 0) is 11.2 Å². The van der Waals surface area contributed by atoms with Crippen molar-refractivity contribution in [1.29, 1.82) is 0 Å². The van der Waals surface area contributed by atoms with Crippen LogP contribution in [0.5, 0.6) is 0 Å². The van der Waals surface area contributed by atoms with E-state index in [0.717, 1.165) is 0 Å². The molecule has 4 N–H and O–H groups in total. The summed E-state index contributed by atoms with van der Waals surface area (Å²) in [7, 11) is 0. The zero-order valence-corrected chi connectivity index (χ0v) is 7.79. The quantitative estimate of drug-likeness (QED) is 0.605. The molecule has 15 heavy (non-hydrogen) atoms. The highest BCUT2D eigenvalue weighted by Crippen LogP contribution is 2.03. The van der Waals surface area contributed by atoms with Gasteiger partial charge in [-0.3, -0.25) is 10.2 Å². The summed E-state index contributed by atoms with van der Waals surface area (Å²) in [5.74, 6) is -0.887. The molecule has 0 unspecified atom stereocenters. The lowest BCUT2D eigenvalue weighted by Gasteiger charge is -2.04. The first-order valence-corrected chi connectivity index (χ1v) is 4.16. The average molecular weight is 211 g/mol. The van der Waals surface area contributed by atoms with E-state index in [1.807, 2.05) is 5.43 Å². The van der Waals surface area contributed by atoms with E-state index in [1.165, 1.54) is 18.2 Å². The second-order valence-corrected chi connectivity index (χ2v) is 2.84. The SMILES string of the molecule is NC(=O)NNC(=O)Cc1cccc(F)c1. The molecular formula is C9H10FN3O2. The van der Waals surface area contributed by atoms with Crippen molar-refractivity contribution in [2.75, 3.05) is 0 Å². The summed E-state index contributed by atoms with van der Waals surface area (Å²) in [6, 6.07) is 4.77. The first kappa shape index (κ1) is 11.0. The number of primary amides is 1. The molecule has 5 nitrogen and oxygen atoms in total. The maximum absolute atomic E-state index is 12.7. The molecule has 0 bridgehead atoms. The van der Waals surface area contributed by atoms with E-state index in [2.05, 4.69) is 5.43 Å². The van der Waals surface area contributed by atoms with E-state index < -0.39 is 17.8 Å². The number of urea groups is 1. The van der Waals surface area contributed by atoms with E-state index in [1.54, 1.807) is 6.07 Å². The number of hydrogen-bond donors (Lipinski definition) is 3. The summed E-state index contributed by atoms with van der Waals surface area (Å²) in [6.45, 7) is 0. The molecule has 0 aliphatic carbocycles. The second kappa shape index (κ2) is 4.94. The van der Waals surface area contributed by atoms with Crippen molar-refractivity contribution >= 4 is 11.9 Å². The van der Waals surface area contributed by atoms with Crippen molar-refractivity contribution in [3.8, 4) is 0 Å². The summed E-state index contributed by atoms with van der Waals surface area (Å²) < 4.78 is 12.7. The largest absolute Gasteiger partial charge is 0.350 e. The van der Waals surface area contributed by atoms with Crippen molar-refractivity contribution in [2.24, 2.45) is 5.73 Å². The number of halogens is 1. The van der Waals surface area contributed by atoms with Crippen LogP contribution in [0.25, 0.3) is 0 Å². The van der Waals surface area contributed by atoms with Gasteiger partial charge in [0.15, 0.2) is 0 Å². The zero-order chi connectivity index (χ0) is 11.3. The highest BCUT2D eigenvalue weighted by molar-refractivity contribution is 5.81. The van der Waals surface area contributed by atoms with Crippen molar-refractivity contribution in [2.45, 2.75) is 6.42 Å². The zero-order valence-electron chi connectivity index (χ0n) is 7.79. The molecule has 0 radical (unpaired) electrons. The molecule has 0 saturated heterocycles. The number of benzene rings is 1. The molecule has 1 aromatic carbocycles. The Hall–Kier alpha value is -2.11. The Morgan fingerprint density at radius 1 is 1.33 bits per heavy atom. The van der Waals surface area contributed by atoms with Gasteiger partial charge in [0.25, 0.3) is 0 Å². The monoisotopic (exact) mass is 211 g/mol.